The first-order valence-corrected chi connectivity index (χ1v) is 7.05. The van der Waals surface area contributed by atoms with E-state index in [9.17, 15) is 0 Å². The molecule has 0 fully saturated rings. The molecule has 0 saturated carbocycles. The van der Waals surface area contributed by atoms with Crippen molar-refractivity contribution in [2.45, 2.75) is 39.7 Å². The lowest BCUT2D eigenvalue weighted by Gasteiger charge is -2.15. The Bertz CT molecular complexity index is 348. The second-order valence-electron chi connectivity index (χ2n) is 4.47. The van der Waals surface area contributed by atoms with Gasteiger partial charge in [-0.15, -0.1) is 0 Å². The van der Waals surface area contributed by atoms with Crippen LogP contribution in [-0.2, 0) is 0 Å². The van der Waals surface area contributed by atoms with Gasteiger partial charge in [0.05, 0.1) is 11.1 Å². The molecule has 0 spiro atoms. The van der Waals surface area contributed by atoms with Gasteiger partial charge in [0.2, 0.25) is 0 Å². The third kappa shape index (κ3) is 4.32. The number of benzene rings is 1. The normalized spacial score (nSPS) is 12.8. The molecule has 0 bridgehead atoms. The zero-order valence-corrected chi connectivity index (χ0v) is 12.5. The first kappa shape index (κ1) is 14.5. The molecule has 0 heterocycles. The molecule has 0 aliphatic heterocycles. The smallest absolute Gasteiger partial charge is 0.133 e. The Kier molecular flexibility index (Phi) is 6.00. The molecule has 3 heteroatoms. The molecule has 17 heavy (non-hydrogen) atoms. The molecule has 0 aromatic heterocycles. The Labute approximate surface area is 113 Å². The van der Waals surface area contributed by atoms with Gasteiger partial charge >= 0.3 is 0 Å². The topological polar surface area (TPSA) is 35.2 Å². The van der Waals surface area contributed by atoms with E-state index in [4.69, 9.17) is 10.5 Å². The molecule has 96 valence electrons. The predicted octanol–water partition coefficient (Wildman–Crippen LogP) is 4.28. The van der Waals surface area contributed by atoms with Crippen molar-refractivity contribution in [3.8, 4) is 5.75 Å². The summed E-state index contributed by atoms with van der Waals surface area (Å²) < 4.78 is 6.81. The Morgan fingerprint density at radius 3 is 2.41 bits per heavy atom. The van der Waals surface area contributed by atoms with Gasteiger partial charge in [-0.3, -0.25) is 0 Å². The minimum absolute atomic E-state index is 0.0550. The van der Waals surface area contributed by atoms with Crippen LogP contribution in [0.25, 0.3) is 0 Å². The van der Waals surface area contributed by atoms with Gasteiger partial charge < -0.3 is 10.5 Å². The summed E-state index contributed by atoms with van der Waals surface area (Å²) in [5.41, 5.74) is 6.95. The summed E-state index contributed by atoms with van der Waals surface area (Å²) in [7, 11) is 0. The molecule has 0 saturated heterocycles. The Morgan fingerprint density at radius 1 is 1.29 bits per heavy atom. The SMILES string of the molecule is CCC(CC)COc1ccc([C@@H](C)N)cc1Br. The van der Waals surface area contributed by atoms with Gasteiger partial charge in [0.25, 0.3) is 0 Å². The molecular formula is C14H22BrNO. The van der Waals surface area contributed by atoms with E-state index in [1.807, 2.05) is 25.1 Å². The molecule has 2 N–H and O–H groups in total. The molecule has 2 nitrogen and oxygen atoms in total. The van der Waals surface area contributed by atoms with Gasteiger partial charge in [0, 0.05) is 6.04 Å². The fourth-order valence-electron chi connectivity index (χ4n) is 1.65. The quantitative estimate of drug-likeness (QED) is 0.851. The van der Waals surface area contributed by atoms with Crippen LogP contribution in [0.1, 0.15) is 45.2 Å². The summed E-state index contributed by atoms with van der Waals surface area (Å²) in [6.45, 7) is 7.16. The molecular weight excluding hydrogens is 278 g/mol. The van der Waals surface area contributed by atoms with Crippen molar-refractivity contribution in [1.82, 2.24) is 0 Å². The van der Waals surface area contributed by atoms with Crippen molar-refractivity contribution in [2.24, 2.45) is 11.7 Å². The van der Waals surface area contributed by atoms with Gasteiger partial charge in [-0.2, -0.15) is 0 Å². The Balaban J connectivity index is 2.66. The zero-order valence-electron chi connectivity index (χ0n) is 10.9. The molecule has 1 rings (SSSR count). The van der Waals surface area contributed by atoms with Crippen LogP contribution in [0.4, 0.5) is 0 Å². The van der Waals surface area contributed by atoms with Gasteiger partial charge in [-0.05, 0) is 46.5 Å². The van der Waals surface area contributed by atoms with Crippen LogP contribution in [-0.4, -0.2) is 6.61 Å². The van der Waals surface area contributed by atoms with Gasteiger partial charge in [0.15, 0.2) is 0 Å². The van der Waals surface area contributed by atoms with E-state index < -0.39 is 0 Å². The van der Waals surface area contributed by atoms with Crippen LogP contribution < -0.4 is 10.5 Å². The maximum Gasteiger partial charge on any atom is 0.133 e. The number of nitrogens with two attached hydrogens (primary N) is 1. The van der Waals surface area contributed by atoms with Crippen molar-refractivity contribution in [3.63, 3.8) is 0 Å². The van der Waals surface area contributed by atoms with Crippen LogP contribution in [0.15, 0.2) is 22.7 Å². The van der Waals surface area contributed by atoms with E-state index in [1.165, 1.54) is 0 Å². The molecule has 0 aliphatic rings. The van der Waals surface area contributed by atoms with E-state index in [1.54, 1.807) is 0 Å². The van der Waals surface area contributed by atoms with Crippen LogP contribution >= 0.6 is 15.9 Å². The van der Waals surface area contributed by atoms with E-state index in [0.29, 0.717) is 5.92 Å². The van der Waals surface area contributed by atoms with Crippen molar-refractivity contribution in [2.75, 3.05) is 6.61 Å². The maximum atomic E-state index is 5.84. The second kappa shape index (κ2) is 7.02. The van der Waals surface area contributed by atoms with E-state index in [-0.39, 0.29) is 6.04 Å². The lowest BCUT2D eigenvalue weighted by Crippen LogP contribution is -2.10. The molecule has 0 unspecified atom stereocenters. The highest BCUT2D eigenvalue weighted by atomic mass is 79.9. The molecule has 1 atom stereocenters. The van der Waals surface area contributed by atoms with Crippen molar-refractivity contribution in [1.29, 1.82) is 0 Å². The average molecular weight is 300 g/mol. The summed E-state index contributed by atoms with van der Waals surface area (Å²) in [6.07, 6.45) is 2.32. The van der Waals surface area contributed by atoms with Crippen molar-refractivity contribution < 1.29 is 4.74 Å². The summed E-state index contributed by atoms with van der Waals surface area (Å²) in [5, 5.41) is 0. The first-order valence-electron chi connectivity index (χ1n) is 6.26. The highest BCUT2D eigenvalue weighted by Gasteiger charge is 2.08. The second-order valence-corrected chi connectivity index (χ2v) is 5.33. The standard InChI is InChI=1S/C14H22BrNO/c1-4-11(5-2)9-17-14-7-6-12(10(3)16)8-13(14)15/h6-8,10-11H,4-5,9,16H2,1-3H3/t10-/m1/s1. The molecule has 1 aromatic carbocycles. The summed E-state index contributed by atoms with van der Waals surface area (Å²) in [6, 6.07) is 6.11. The van der Waals surface area contributed by atoms with Gasteiger partial charge in [0.1, 0.15) is 5.75 Å². The maximum absolute atomic E-state index is 5.84. The van der Waals surface area contributed by atoms with E-state index in [0.717, 1.165) is 35.2 Å². The lowest BCUT2D eigenvalue weighted by molar-refractivity contribution is 0.239. The lowest BCUT2D eigenvalue weighted by atomic mass is 10.1. The molecule has 1 aromatic rings. The largest absolute Gasteiger partial charge is 0.492 e. The average Bonchev–Trinajstić information content (AvgIpc) is 2.31. The highest BCUT2D eigenvalue weighted by Crippen LogP contribution is 2.28. The number of rotatable bonds is 6. The Hall–Kier alpha value is -0.540. The summed E-state index contributed by atoms with van der Waals surface area (Å²) >= 11 is 3.53. The monoisotopic (exact) mass is 299 g/mol. The molecule has 0 aliphatic carbocycles. The third-order valence-electron chi connectivity index (χ3n) is 3.11. The predicted molar refractivity (Wildman–Crippen MR) is 76.3 cm³/mol. The minimum atomic E-state index is 0.0550. The van der Waals surface area contributed by atoms with E-state index >= 15 is 0 Å². The highest BCUT2D eigenvalue weighted by molar-refractivity contribution is 9.10. The first-order chi connectivity index (χ1) is 8.08. The van der Waals surface area contributed by atoms with Crippen LogP contribution in [0.2, 0.25) is 0 Å². The summed E-state index contributed by atoms with van der Waals surface area (Å²) in [5.74, 6) is 1.54. The fraction of sp³-hybridized carbons (Fsp3) is 0.571. The number of hydrogen-bond acceptors (Lipinski definition) is 2. The minimum Gasteiger partial charge on any atom is -0.492 e. The zero-order chi connectivity index (χ0) is 12.8. The Morgan fingerprint density at radius 2 is 1.94 bits per heavy atom. The van der Waals surface area contributed by atoms with Crippen LogP contribution in [0.3, 0.4) is 0 Å². The van der Waals surface area contributed by atoms with Gasteiger partial charge in [-0.1, -0.05) is 32.8 Å². The molecule has 0 radical (unpaired) electrons. The van der Waals surface area contributed by atoms with Crippen molar-refractivity contribution >= 4 is 15.9 Å². The summed E-state index contributed by atoms with van der Waals surface area (Å²) in [4.78, 5) is 0. The fourth-order valence-corrected chi connectivity index (χ4v) is 2.16. The number of halogens is 1. The van der Waals surface area contributed by atoms with E-state index in [2.05, 4.69) is 29.8 Å². The number of ether oxygens (including phenoxy) is 1. The van der Waals surface area contributed by atoms with Gasteiger partial charge in [-0.25, -0.2) is 0 Å². The third-order valence-corrected chi connectivity index (χ3v) is 3.73. The number of hydrogen-bond donors (Lipinski definition) is 1. The molecule has 0 amide bonds. The van der Waals surface area contributed by atoms with Crippen molar-refractivity contribution in [3.05, 3.63) is 28.2 Å². The van der Waals surface area contributed by atoms with Crippen LogP contribution in [0.5, 0.6) is 5.75 Å². The van der Waals surface area contributed by atoms with Crippen LogP contribution in [0, 0.1) is 5.92 Å².